The van der Waals surface area contributed by atoms with Gasteiger partial charge in [0, 0.05) is 44.3 Å². The van der Waals surface area contributed by atoms with E-state index in [0.29, 0.717) is 11.5 Å². The predicted molar refractivity (Wildman–Crippen MR) is 124 cm³/mol. The molecule has 1 aliphatic heterocycles. The quantitative estimate of drug-likeness (QED) is 0.490. The van der Waals surface area contributed by atoms with Crippen LogP contribution >= 0.6 is 0 Å². The zero-order chi connectivity index (χ0) is 23.5. The number of carbonyl (C=O) groups is 1. The number of hydrogen-bond acceptors (Lipinski definition) is 6. The van der Waals surface area contributed by atoms with Gasteiger partial charge in [-0.05, 0) is 48.5 Å². The molecule has 34 heavy (non-hydrogen) atoms. The molecular weight excluding hydrogens is 440 g/mol. The lowest BCUT2D eigenvalue weighted by Gasteiger charge is -2.36. The van der Waals surface area contributed by atoms with Crippen LogP contribution in [0.2, 0.25) is 0 Å². The van der Waals surface area contributed by atoms with E-state index >= 15 is 0 Å². The summed E-state index contributed by atoms with van der Waals surface area (Å²) in [4.78, 5) is 25.5. The van der Waals surface area contributed by atoms with Crippen molar-refractivity contribution in [2.75, 3.05) is 41.3 Å². The largest absolute Gasteiger partial charge is 0.368 e. The molecule has 1 saturated heterocycles. The second-order valence-electron chi connectivity index (χ2n) is 7.78. The number of pyridine rings is 2. The molecule has 8 nitrogen and oxygen atoms in total. The first-order valence-corrected chi connectivity index (χ1v) is 10.8. The van der Waals surface area contributed by atoms with Gasteiger partial charge in [0.1, 0.15) is 17.2 Å². The first-order valence-electron chi connectivity index (χ1n) is 10.8. The maximum absolute atomic E-state index is 14.3. The second kappa shape index (κ2) is 9.26. The van der Waals surface area contributed by atoms with Crippen LogP contribution in [-0.2, 0) is 0 Å². The van der Waals surface area contributed by atoms with Crippen molar-refractivity contribution in [3.8, 4) is 5.82 Å². The molecule has 1 fully saturated rings. The molecule has 10 heteroatoms. The van der Waals surface area contributed by atoms with Gasteiger partial charge in [-0.25, -0.2) is 19.0 Å². The van der Waals surface area contributed by atoms with Gasteiger partial charge < -0.3 is 15.1 Å². The van der Waals surface area contributed by atoms with Gasteiger partial charge in [-0.1, -0.05) is 6.07 Å². The van der Waals surface area contributed by atoms with E-state index < -0.39 is 11.9 Å². The number of hydrogen-bond donors (Lipinski definition) is 1. The highest BCUT2D eigenvalue weighted by Crippen LogP contribution is 2.21. The highest BCUT2D eigenvalue weighted by atomic mass is 19.1. The third-order valence-corrected chi connectivity index (χ3v) is 5.60. The van der Waals surface area contributed by atoms with E-state index in [1.54, 1.807) is 48.8 Å². The van der Waals surface area contributed by atoms with Gasteiger partial charge in [-0.2, -0.15) is 4.39 Å². The summed E-state index contributed by atoms with van der Waals surface area (Å²) in [5.74, 6) is -0.561. The van der Waals surface area contributed by atoms with Crippen LogP contribution in [0.5, 0.6) is 0 Å². The minimum atomic E-state index is -0.883. The molecule has 0 radical (unpaired) electrons. The molecule has 1 aromatic carbocycles. The first kappa shape index (κ1) is 21.5. The summed E-state index contributed by atoms with van der Waals surface area (Å²) in [6.07, 6.45) is 4.40. The Morgan fingerprint density at radius 1 is 0.853 bits per heavy atom. The number of benzene rings is 1. The normalized spacial score (nSPS) is 13.7. The standard InChI is InChI=1S/C24H21F2N7O/c25-17-4-7-19(8-5-17)31-11-13-32(14-12-31)21-9-6-18(15-28-21)29-24(34)20-16-33(30-23(20)26)22-3-1-2-10-27-22/h1-10,15-16H,11-14H2,(H,29,34). The lowest BCUT2D eigenvalue weighted by Crippen LogP contribution is -2.46. The molecular formula is C24H21F2N7O. The summed E-state index contributed by atoms with van der Waals surface area (Å²) in [6.45, 7) is 3.08. The number of halogens is 2. The molecule has 1 amide bonds. The summed E-state index contributed by atoms with van der Waals surface area (Å²) in [5.41, 5.74) is 1.25. The van der Waals surface area contributed by atoms with E-state index in [1.165, 1.54) is 23.0 Å². The van der Waals surface area contributed by atoms with E-state index in [4.69, 9.17) is 0 Å². The van der Waals surface area contributed by atoms with Crippen LogP contribution in [-0.4, -0.2) is 51.8 Å². The Kier molecular flexibility index (Phi) is 5.86. The molecule has 0 unspecified atom stereocenters. The molecule has 0 bridgehead atoms. The van der Waals surface area contributed by atoms with E-state index in [0.717, 1.165) is 37.7 Å². The molecule has 4 heterocycles. The highest BCUT2D eigenvalue weighted by molar-refractivity contribution is 6.04. The molecule has 4 aromatic rings. The van der Waals surface area contributed by atoms with Crippen molar-refractivity contribution in [2.24, 2.45) is 0 Å². The fourth-order valence-electron chi connectivity index (χ4n) is 3.80. The van der Waals surface area contributed by atoms with Crippen molar-refractivity contribution < 1.29 is 13.6 Å². The maximum atomic E-state index is 14.3. The van der Waals surface area contributed by atoms with Gasteiger partial charge in [0.15, 0.2) is 5.82 Å². The van der Waals surface area contributed by atoms with Gasteiger partial charge in [0.25, 0.3) is 5.91 Å². The number of anilines is 3. The molecule has 1 aliphatic rings. The van der Waals surface area contributed by atoms with Crippen LogP contribution in [0.1, 0.15) is 10.4 Å². The molecule has 5 rings (SSSR count). The third kappa shape index (κ3) is 4.56. The van der Waals surface area contributed by atoms with Crippen molar-refractivity contribution in [2.45, 2.75) is 0 Å². The average molecular weight is 461 g/mol. The minimum Gasteiger partial charge on any atom is -0.368 e. The van der Waals surface area contributed by atoms with Crippen molar-refractivity contribution in [3.63, 3.8) is 0 Å². The fraction of sp³-hybridized carbons (Fsp3) is 0.167. The van der Waals surface area contributed by atoms with Gasteiger partial charge in [0.05, 0.1) is 11.9 Å². The Hall–Kier alpha value is -4.34. The SMILES string of the molecule is O=C(Nc1ccc(N2CCN(c3ccc(F)cc3)CC2)nc1)c1cn(-c2ccccn2)nc1F. The van der Waals surface area contributed by atoms with E-state index in [9.17, 15) is 13.6 Å². The summed E-state index contributed by atoms with van der Waals surface area (Å²) in [7, 11) is 0. The van der Waals surface area contributed by atoms with Crippen molar-refractivity contribution in [3.05, 3.63) is 90.5 Å². The van der Waals surface area contributed by atoms with Crippen LogP contribution in [0.4, 0.5) is 26.0 Å². The van der Waals surface area contributed by atoms with Crippen LogP contribution in [0.3, 0.4) is 0 Å². The molecule has 0 aliphatic carbocycles. The number of piperazine rings is 1. The average Bonchev–Trinajstić information content (AvgIpc) is 3.27. The number of nitrogens with one attached hydrogen (secondary N) is 1. The van der Waals surface area contributed by atoms with E-state index in [1.807, 2.05) is 6.07 Å². The second-order valence-corrected chi connectivity index (χ2v) is 7.78. The van der Waals surface area contributed by atoms with Crippen LogP contribution < -0.4 is 15.1 Å². The van der Waals surface area contributed by atoms with Gasteiger partial charge in [0.2, 0.25) is 5.95 Å². The molecule has 172 valence electrons. The molecule has 0 atom stereocenters. The van der Waals surface area contributed by atoms with Crippen LogP contribution in [0.15, 0.2) is 73.2 Å². The fourth-order valence-corrected chi connectivity index (χ4v) is 3.80. The lowest BCUT2D eigenvalue weighted by molar-refractivity contribution is 0.102. The molecule has 0 saturated carbocycles. The zero-order valence-corrected chi connectivity index (χ0v) is 18.1. The summed E-state index contributed by atoms with van der Waals surface area (Å²) >= 11 is 0. The van der Waals surface area contributed by atoms with Crippen molar-refractivity contribution in [1.29, 1.82) is 0 Å². The maximum Gasteiger partial charge on any atom is 0.262 e. The molecule has 3 aromatic heterocycles. The first-order chi connectivity index (χ1) is 16.6. The predicted octanol–water partition coefficient (Wildman–Crippen LogP) is 3.52. The third-order valence-electron chi connectivity index (χ3n) is 5.60. The molecule has 1 N–H and O–H groups in total. The summed E-state index contributed by atoms with van der Waals surface area (Å²) in [5, 5.41) is 6.39. The van der Waals surface area contributed by atoms with E-state index in [-0.39, 0.29) is 11.4 Å². The topological polar surface area (TPSA) is 79.2 Å². The Bertz CT molecular complexity index is 1270. The molecule has 0 spiro atoms. The number of carbonyl (C=O) groups excluding carboxylic acids is 1. The summed E-state index contributed by atoms with van der Waals surface area (Å²) < 4.78 is 28.6. The van der Waals surface area contributed by atoms with Crippen molar-refractivity contribution >= 4 is 23.1 Å². The zero-order valence-electron chi connectivity index (χ0n) is 18.1. The van der Waals surface area contributed by atoms with Gasteiger partial charge >= 0.3 is 0 Å². The minimum absolute atomic E-state index is 0.188. The van der Waals surface area contributed by atoms with Crippen molar-refractivity contribution in [1.82, 2.24) is 19.7 Å². The Morgan fingerprint density at radius 2 is 1.62 bits per heavy atom. The number of rotatable bonds is 5. The van der Waals surface area contributed by atoms with E-state index in [2.05, 4.69) is 30.2 Å². The number of amides is 1. The lowest BCUT2D eigenvalue weighted by atomic mass is 10.2. The van der Waals surface area contributed by atoms with Crippen LogP contribution in [0, 0.1) is 11.8 Å². The Balaban J connectivity index is 1.20. The van der Waals surface area contributed by atoms with Crippen LogP contribution in [0.25, 0.3) is 5.82 Å². The van der Waals surface area contributed by atoms with Gasteiger partial charge in [-0.3, -0.25) is 4.79 Å². The van der Waals surface area contributed by atoms with Gasteiger partial charge in [-0.15, -0.1) is 5.10 Å². The number of nitrogens with zero attached hydrogens (tertiary/aromatic N) is 6. The summed E-state index contributed by atoms with van der Waals surface area (Å²) in [6, 6.07) is 15.2. The monoisotopic (exact) mass is 461 g/mol. The highest BCUT2D eigenvalue weighted by Gasteiger charge is 2.20. The Labute approximate surface area is 194 Å². The smallest absolute Gasteiger partial charge is 0.262 e. The Morgan fingerprint density at radius 3 is 2.29 bits per heavy atom. The number of aromatic nitrogens is 4.